The summed E-state index contributed by atoms with van der Waals surface area (Å²) in [4.78, 5) is 10.9. The van der Waals surface area contributed by atoms with Crippen LogP contribution in [-0.2, 0) is 0 Å². The Kier molecular flexibility index (Phi) is 4.01. The van der Waals surface area contributed by atoms with Crippen LogP contribution in [0.3, 0.4) is 0 Å². The molecule has 0 saturated heterocycles. The molecular weight excluding hydrogens is 226 g/mol. The Morgan fingerprint density at radius 3 is 2.67 bits per heavy atom. The summed E-state index contributed by atoms with van der Waals surface area (Å²) in [5.41, 5.74) is 3.77. The Hall–Kier alpha value is -1.36. The number of rotatable bonds is 5. The summed E-state index contributed by atoms with van der Waals surface area (Å²) in [6.07, 6.45) is 5.63. The molecule has 5 heteroatoms. The number of nitrogen functional groups attached to an aromatic ring is 1. The van der Waals surface area contributed by atoms with E-state index in [-0.39, 0.29) is 0 Å². The number of hydrogen-bond acceptors (Lipinski definition) is 5. The second kappa shape index (κ2) is 5.52. The summed E-state index contributed by atoms with van der Waals surface area (Å²) in [5, 5.41) is 0. The predicted octanol–water partition coefficient (Wildman–Crippen LogP) is 2.12. The van der Waals surface area contributed by atoms with Crippen molar-refractivity contribution in [2.75, 3.05) is 23.9 Å². The minimum Gasteiger partial charge on any atom is -0.359 e. The average molecular weight is 249 g/mol. The summed E-state index contributed by atoms with van der Waals surface area (Å²) < 4.78 is 0. The highest BCUT2D eigenvalue weighted by Crippen LogP contribution is 2.32. The number of hydrogen-bond donors (Lipinski definition) is 2. The summed E-state index contributed by atoms with van der Waals surface area (Å²) in [6.45, 7) is 5.35. The van der Waals surface area contributed by atoms with E-state index in [9.17, 15) is 0 Å². The first kappa shape index (κ1) is 13.1. The maximum absolute atomic E-state index is 5.54. The van der Waals surface area contributed by atoms with Gasteiger partial charge in [-0.15, -0.1) is 0 Å². The molecule has 18 heavy (non-hydrogen) atoms. The fourth-order valence-electron chi connectivity index (χ4n) is 2.49. The first-order valence-corrected chi connectivity index (χ1v) is 6.66. The van der Waals surface area contributed by atoms with Gasteiger partial charge in [0, 0.05) is 19.2 Å². The number of aromatic nitrogens is 2. The van der Waals surface area contributed by atoms with E-state index in [0.717, 1.165) is 29.7 Å². The van der Waals surface area contributed by atoms with Crippen molar-refractivity contribution >= 4 is 11.6 Å². The molecule has 1 heterocycles. The third-order valence-electron chi connectivity index (χ3n) is 3.70. The normalized spacial score (nSPS) is 15.6. The molecule has 0 atom stereocenters. The molecule has 1 aromatic heterocycles. The van der Waals surface area contributed by atoms with Crippen LogP contribution >= 0.6 is 0 Å². The Labute approximate surface area is 109 Å². The molecule has 3 N–H and O–H groups in total. The van der Waals surface area contributed by atoms with E-state index >= 15 is 0 Å². The highest BCUT2D eigenvalue weighted by molar-refractivity contribution is 5.59. The summed E-state index contributed by atoms with van der Waals surface area (Å²) in [6, 6.07) is 0. The van der Waals surface area contributed by atoms with Gasteiger partial charge in [0.25, 0.3) is 0 Å². The van der Waals surface area contributed by atoms with Crippen molar-refractivity contribution in [3.63, 3.8) is 0 Å². The van der Waals surface area contributed by atoms with Crippen LogP contribution in [-0.4, -0.2) is 23.6 Å². The molecular formula is C13H23N5. The van der Waals surface area contributed by atoms with E-state index in [1.54, 1.807) is 6.33 Å². The SMILES string of the molecule is CC(C)c1c(NN)ncnc1N(C)CC1CCC1. The molecule has 0 bridgehead atoms. The van der Waals surface area contributed by atoms with Crippen molar-refractivity contribution < 1.29 is 0 Å². The Balaban J connectivity index is 2.24. The van der Waals surface area contributed by atoms with Gasteiger partial charge in [-0.3, -0.25) is 0 Å². The van der Waals surface area contributed by atoms with E-state index in [4.69, 9.17) is 5.84 Å². The van der Waals surface area contributed by atoms with Crippen LogP contribution in [0.25, 0.3) is 0 Å². The highest BCUT2D eigenvalue weighted by Gasteiger charge is 2.23. The lowest BCUT2D eigenvalue weighted by molar-refractivity contribution is 0.321. The molecule has 1 fully saturated rings. The van der Waals surface area contributed by atoms with Crippen molar-refractivity contribution in [3.8, 4) is 0 Å². The van der Waals surface area contributed by atoms with Crippen LogP contribution in [0.1, 0.15) is 44.6 Å². The third-order valence-corrected chi connectivity index (χ3v) is 3.70. The number of anilines is 2. The van der Waals surface area contributed by atoms with Crippen molar-refractivity contribution in [3.05, 3.63) is 11.9 Å². The van der Waals surface area contributed by atoms with Gasteiger partial charge in [-0.25, -0.2) is 15.8 Å². The zero-order valence-electron chi connectivity index (χ0n) is 11.5. The third kappa shape index (κ3) is 2.56. The summed E-state index contributed by atoms with van der Waals surface area (Å²) in [5.74, 6) is 8.43. The molecule has 5 nitrogen and oxygen atoms in total. The first-order chi connectivity index (χ1) is 8.63. The standard InChI is InChI=1S/C13H23N5/c1-9(2)11-12(17-14)15-8-16-13(11)18(3)7-10-5-4-6-10/h8-10H,4-7,14H2,1-3H3,(H,15,16,17). The highest BCUT2D eigenvalue weighted by atomic mass is 15.3. The van der Waals surface area contributed by atoms with Crippen molar-refractivity contribution in [1.29, 1.82) is 0 Å². The van der Waals surface area contributed by atoms with E-state index in [1.165, 1.54) is 19.3 Å². The largest absolute Gasteiger partial charge is 0.359 e. The lowest BCUT2D eigenvalue weighted by atomic mass is 9.85. The quantitative estimate of drug-likeness (QED) is 0.618. The van der Waals surface area contributed by atoms with Gasteiger partial charge in [0.05, 0.1) is 0 Å². The van der Waals surface area contributed by atoms with E-state index in [1.807, 2.05) is 0 Å². The molecule has 100 valence electrons. The fraction of sp³-hybridized carbons (Fsp3) is 0.692. The predicted molar refractivity (Wildman–Crippen MR) is 74.5 cm³/mol. The van der Waals surface area contributed by atoms with E-state index in [0.29, 0.717) is 5.92 Å². The number of hydrazine groups is 1. The number of nitrogens with one attached hydrogen (secondary N) is 1. The monoisotopic (exact) mass is 249 g/mol. The minimum atomic E-state index is 0.344. The summed E-state index contributed by atoms with van der Waals surface area (Å²) in [7, 11) is 2.10. The number of nitrogens with two attached hydrogens (primary N) is 1. The van der Waals surface area contributed by atoms with Gasteiger partial charge in [-0.2, -0.15) is 0 Å². The van der Waals surface area contributed by atoms with Gasteiger partial charge in [0.15, 0.2) is 0 Å². The van der Waals surface area contributed by atoms with Gasteiger partial charge < -0.3 is 10.3 Å². The molecule has 1 aliphatic rings. The van der Waals surface area contributed by atoms with Gasteiger partial charge in [-0.1, -0.05) is 20.3 Å². The van der Waals surface area contributed by atoms with Crippen LogP contribution in [0.5, 0.6) is 0 Å². The van der Waals surface area contributed by atoms with Gasteiger partial charge in [0.2, 0.25) is 0 Å². The molecule has 0 unspecified atom stereocenters. The second-order valence-electron chi connectivity index (χ2n) is 5.44. The average Bonchev–Trinajstić information content (AvgIpc) is 2.32. The molecule has 0 spiro atoms. The van der Waals surface area contributed by atoms with Crippen LogP contribution in [0, 0.1) is 5.92 Å². The molecule has 2 rings (SSSR count). The maximum atomic E-state index is 5.54. The minimum absolute atomic E-state index is 0.344. The van der Waals surface area contributed by atoms with Crippen LogP contribution < -0.4 is 16.2 Å². The van der Waals surface area contributed by atoms with Gasteiger partial charge >= 0.3 is 0 Å². The van der Waals surface area contributed by atoms with Crippen molar-refractivity contribution in [2.24, 2.45) is 11.8 Å². The zero-order chi connectivity index (χ0) is 13.1. The van der Waals surface area contributed by atoms with Crippen LogP contribution in [0.2, 0.25) is 0 Å². The van der Waals surface area contributed by atoms with E-state index < -0.39 is 0 Å². The van der Waals surface area contributed by atoms with Crippen LogP contribution in [0.15, 0.2) is 6.33 Å². The van der Waals surface area contributed by atoms with E-state index in [2.05, 4.69) is 41.2 Å². The van der Waals surface area contributed by atoms with Crippen molar-refractivity contribution in [2.45, 2.75) is 39.0 Å². The smallest absolute Gasteiger partial charge is 0.148 e. The Bertz CT molecular complexity index is 400. The fourth-order valence-corrected chi connectivity index (χ4v) is 2.49. The van der Waals surface area contributed by atoms with Crippen molar-refractivity contribution in [1.82, 2.24) is 9.97 Å². The lowest BCUT2D eigenvalue weighted by Gasteiger charge is -2.32. The zero-order valence-corrected chi connectivity index (χ0v) is 11.5. The molecule has 0 amide bonds. The van der Waals surface area contributed by atoms with Crippen LogP contribution in [0.4, 0.5) is 11.6 Å². The molecule has 1 aliphatic carbocycles. The molecule has 0 aromatic carbocycles. The van der Waals surface area contributed by atoms with Gasteiger partial charge in [0.1, 0.15) is 18.0 Å². The molecule has 1 saturated carbocycles. The molecule has 1 aromatic rings. The second-order valence-corrected chi connectivity index (χ2v) is 5.44. The first-order valence-electron chi connectivity index (χ1n) is 6.66. The maximum Gasteiger partial charge on any atom is 0.148 e. The molecule has 0 aliphatic heterocycles. The number of nitrogens with zero attached hydrogens (tertiary/aromatic N) is 3. The summed E-state index contributed by atoms with van der Waals surface area (Å²) >= 11 is 0. The lowest BCUT2D eigenvalue weighted by Crippen LogP contribution is -2.31. The van der Waals surface area contributed by atoms with Gasteiger partial charge in [-0.05, 0) is 24.7 Å². The topological polar surface area (TPSA) is 67.1 Å². The Morgan fingerprint density at radius 1 is 1.44 bits per heavy atom. The Morgan fingerprint density at radius 2 is 2.17 bits per heavy atom. The molecule has 0 radical (unpaired) electrons.